The maximum absolute atomic E-state index is 6.15. The summed E-state index contributed by atoms with van der Waals surface area (Å²) in [5.41, 5.74) is 1.20. The molecule has 158 valence electrons. The van der Waals surface area contributed by atoms with E-state index in [1.165, 1.54) is 5.69 Å². The van der Waals surface area contributed by atoms with Crippen LogP contribution >= 0.6 is 47.3 Å². The third-order valence-corrected chi connectivity index (χ3v) is 7.08. The molecule has 1 N–H and O–H groups in total. The summed E-state index contributed by atoms with van der Waals surface area (Å²) in [5.74, 6) is 1.04. The molecule has 8 heteroatoms. The van der Waals surface area contributed by atoms with Crippen LogP contribution in [-0.4, -0.2) is 74.3 Å². The third kappa shape index (κ3) is 6.31. The lowest BCUT2D eigenvalue weighted by Gasteiger charge is -2.39. The molecule has 2 aliphatic rings. The minimum atomic E-state index is 0. The first kappa shape index (κ1) is 23.9. The van der Waals surface area contributed by atoms with Gasteiger partial charge in [0.1, 0.15) is 0 Å². The zero-order valence-corrected chi connectivity index (χ0v) is 20.7. The van der Waals surface area contributed by atoms with Gasteiger partial charge < -0.3 is 19.9 Å². The summed E-state index contributed by atoms with van der Waals surface area (Å²) in [6, 6.07) is 8.12. The molecule has 0 aliphatic carbocycles. The average Bonchev–Trinajstić information content (AvgIpc) is 2.72. The zero-order chi connectivity index (χ0) is 19.1. The van der Waals surface area contributed by atoms with Crippen molar-refractivity contribution in [3.63, 3.8) is 0 Å². The van der Waals surface area contributed by atoms with Crippen LogP contribution in [0.15, 0.2) is 29.3 Å². The van der Waals surface area contributed by atoms with Crippen LogP contribution in [0.5, 0.6) is 0 Å². The Hall–Kier alpha value is -0.380. The van der Waals surface area contributed by atoms with Gasteiger partial charge in [0, 0.05) is 61.4 Å². The third-order valence-electron chi connectivity index (χ3n) is 5.44. The van der Waals surface area contributed by atoms with E-state index < -0.39 is 0 Å². The van der Waals surface area contributed by atoms with Crippen molar-refractivity contribution in [1.82, 2.24) is 10.2 Å². The Morgan fingerprint density at radius 2 is 1.96 bits per heavy atom. The highest BCUT2D eigenvalue weighted by atomic mass is 127. The number of nitrogens with zero attached hydrogens (tertiary/aromatic N) is 3. The molecule has 1 aromatic carbocycles. The van der Waals surface area contributed by atoms with E-state index in [-0.39, 0.29) is 28.7 Å². The van der Waals surface area contributed by atoms with Crippen LogP contribution in [-0.2, 0) is 4.74 Å². The van der Waals surface area contributed by atoms with Gasteiger partial charge in [-0.25, -0.2) is 0 Å². The van der Waals surface area contributed by atoms with Crippen LogP contribution in [0.4, 0.5) is 5.69 Å². The molecule has 2 aliphatic heterocycles. The highest BCUT2D eigenvalue weighted by molar-refractivity contribution is 14.0. The van der Waals surface area contributed by atoms with Crippen molar-refractivity contribution in [1.29, 1.82) is 0 Å². The van der Waals surface area contributed by atoms with Crippen molar-refractivity contribution in [2.24, 2.45) is 4.99 Å². The first-order chi connectivity index (χ1) is 13.2. The van der Waals surface area contributed by atoms with Gasteiger partial charge in [0.25, 0.3) is 0 Å². The summed E-state index contributed by atoms with van der Waals surface area (Å²) in [4.78, 5) is 9.81. The fourth-order valence-electron chi connectivity index (χ4n) is 3.66. The lowest BCUT2D eigenvalue weighted by Crippen LogP contribution is -2.53. The molecule has 0 aromatic heterocycles. The fourth-order valence-corrected chi connectivity index (χ4v) is 4.62. The molecule has 0 unspecified atom stereocenters. The summed E-state index contributed by atoms with van der Waals surface area (Å²) >= 11 is 8.09. The Morgan fingerprint density at radius 1 is 1.25 bits per heavy atom. The van der Waals surface area contributed by atoms with Gasteiger partial charge in [-0.15, -0.1) is 24.0 Å². The lowest BCUT2D eigenvalue weighted by atomic mass is 9.99. The van der Waals surface area contributed by atoms with E-state index in [1.807, 2.05) is 30.0 Å². The number of hydrogen-bond acceptors (Lipinski definition) is 4. The van der Waals surface area contributed by atoms with Gasteiger partial charge in [-0.1, -0.05) is 17.7 Å². The van der Waals surface area contributed by atoms with E-state index in [0.29, 0.717) is 0 Å². The molecular weight excluding hydrogens is 507 g/mol. The molecule has 1 aromatic rings. The summed E-state index contributed by atoms with van der Waals surface area (Å²) in [6.07, 6.45) is 4.37. The smallest absolute Gasteiger partial charge is 0.194 e. The number of hydrogen-bond donors (Lipinski definition) is 1. The van der Waals surface area contributed by atoms with E-state index in [1.54, 1.807) is 0 Å². The van der Waals surface area contributed by atoms with Crippen molar-refractivity contribution in [3.8, 4) is 0 Å². The number of anilines is 1. The number of piperazine rings is 1. The Kier molecular flexibility index (Phi) is 10.00. The maximum Gasteiger partial charge on any atom is 0.194 e. The Bertz CT molecular complexity index is 634. The number of rotatable bonds is 5. The second-order valence-corrected chi connectivity index (χ2v) is 8.83. The SMILES string of the molecule is CCNC(=NCC1(SC)CCOCC1)N1CCN(c2cccc(Cl)c2)CC1.I. The molecule has 0 amide bonds. The molecule has 28 heavy (non-hydrogen) atoms. The van der Waals surface area contributed by atoms with Gasteiger partial charge in [0.2, 0.25) is 0 Å². The van der Waals surface area contributed by atoms with Crippen molar-refractivity contribution < 1.29 is 4.74 Å². The summed E-state index contributed by atoms with van der Waals surface area (Å²) < 4.78 is 5.78. The van der Waals surface area contributed by atoms with E-state index in [2.05, 4.69) is 34.4 Å². The van der Waals surface area contributed by atoms with E-state index in [4.69, 9.17) is 21.3 Å². The maximum atomic E-state index is 6.15. The van der Waals surface area contributed by atoms with Crippen LogP contribution in [0.1, 0.15) is 19.8 Å². The van der Waals surface area contributed by atoms with Gasteiger partial charge in [-0.05, 0) is 44.2 Å². The first-order valence-electron chi connectivity index (χ1n) is 9.82. The van der Waals surface area contributed by atoms with E-state index in [9.17, 15) is 0 Å². The molecule has 2 saturated heterocycles. The standard InChI is InChI=1S/C20H31ClN4OS.HI/c1-3-22-19(23-16-20(27-2)7-13-26-14-8-20)25-11-9-24(10-12-25)18-6-4-5-17(21)15-18;/h4-6,15H,3,7-14,16H2,1-2H3,(H,22,23);1H. The molecule has 0 bridgehead atoms. The minimum absolute atomic E-state index is 0. The molecule has 0 radical (unpaired) electrons. The highest BCUT2D eigenvalue weighted by Crippen LogP contribution is 2.34. The summed E-state index contributed by atoms with van der Waals surface area (Å²) in [5, 5.41) is 4.29. The monoisotopic (exact) mass is 538 g/mol. The Labute approximate surface area is 195 Å². The number of thioether (sulfide) groups is 1. The molecule has 0 atom stereocenters. The quantitative estimate of drug-likeness (QED) is 0.349. The minimum Gasteiger partial charge on any atom is -0.381 e. The number of nitrogens with one attached hydrogen (secondary N) is 1. The number of aliphatic imine (C=N–C) groups is 1. The van der Waals surface area contributed by atoms with Crippen molar-refractivity contribution in [2.45, 2.75) is 24.5 Å². The Morgan fingerprint density at radius 3 is 2.57 bits per heavy atom. The topological polar surface area (TPSA) is 40.1 Å². The lowest BCUT2D eigenvalue weighted by molar-refractivity contribution is 0.0793. The van der Waals surface area contributed by atoms with Crippen molar-refractivity contribution in [2.75, 3.05) is 63.6 Å². The molecule has 5 nitrogen and oxygen atoms in total. The van der Waals surface area contributed by atoms with Crippen LogP contribution in [0.3, 0.4) is 0 Å². The van der Waals surface area contributed by atoms with E-state index >= 15 is 0 Å². The summed E-state index contributed by atoms with van der Waals surface area (Å²) in [7, 11) is 0. The molecule has 0 saturated carbocycles. The number of ether oxygens (including phenoxy) is 1. The van der Waals surface area contributed by atoms with Gasteiger partial charge in [-0.3, -0.25) is 4.99 Å². The molecule has 2 heterocycles. The van der Waals surface area contributed by atoms with Crippen LogP contribution in [0.2, 0.25) is 5.02 Å². The van der Waals surface area contributed by atoms with Gasteiger partial charge in [0.15, 0.2) is 5.96 Å². The molecule has 3 rings (SSSR count). The van der Waals surface area contributed by atoms with E-state index in [0.717, 1.165) is 76.3 Å². The van der Waals surface area contributed by atoms with Gasteiger partial charge >= 0.3 is 0 Å². The predicted molar refractivity (Wildman–Crippen MR) is 133 cm³/mol. The second kappa shape index (κ2) is 11.7. The molecular formula is C20H32ClIN4OS. The van der Waals surface area contributed by atoms with Crippen molar-refractivity contribution in [3.05, 3.63) is 29.3 Å². The van der Waals surface area contributed by atoms with Gasteiger partial charge in [0.05, 0.1) is 6.54 Å². The molecule has 0 spiro atoms. The molecule has 2 fully saturated rings. The second-order valence-electron chi connectivity index (χ2n) is 7.12. The Balaban J connectivity index is 0.00000280. The van der Waals surface area contributed by atoms with Gasteiger partial charge in [-0.2, -0.15) is 11.8 Å². The predicted octanol–water partition coefficient (Wildman–Crippen LogP) is 3.96. The van der Waals surface area contributed by atoms with Crippen LogP contribution in [0, 0.1) is 0 Å². The van der Waals surface area contributed by atoms with Crippen LogP contribution < -0.4 is 10.2 Å². The highest BCUT2D eigenvalue weighted by Gasteiger charge is 2.32. The number of halogens is 2. The summed E-state index contributed by atoms with van der Waals surface area (Å²) in [6.45, 7) is 9.48. The van der Waals surface area contributed by atoms with Crippen molar-refractivity contribution >= 4 is 59.0 Å². The van der Waals surface area contributed by atoms with Crippen LogP contribution in [0.25, 0.3) is 0 Å². The number of benzene rings is 1. The zero-order valence-electron chi connectivity index (χ0n) is 16.8. The number of guanidine groups is 1. The largest absolute Gasteiger partial charge is 0.381 e. The average molecular weight is 539 g/mol. The normalized spacial score (nSPS) is 19.9. The fraction of sp³-hybridized carbons (Fsp3) is 0.650. The first-order valence-corrected chi connectivity index (χ1v) is 11.4.